The number of benzene rings is 1. The van der Waals surface area contributed by atoms with Crippen molar-refractivity contribution >= 4 is 11.4 Å². The summed E-state index contributed by atoms with van der Waals surface area (Å²) < 4.78 is 10.5. The minimum absolute atomic E-state index is 0.0183. The van der Waals surface area contributed by atoms with Gasteiger partial charge in [0, 0.05) is 30.1 Å². The third kappa shape index (κ3) is 2.62. The van der Waals surface area contributed by atoms with Crippen LogP contribution in [0.2, 0.25) is 0 Å². The van der Waals surface area contributed by atoms with Gasteiger partial charge in [-0.25, -0.2) is 0 Å². The molecule has 1 fully saturated rings. The Bertz CT molecular complexity index is 384. The van der Waals surface area contributed by atoms with Crippen LogP contribution in [0, 0.1) is 0 Å². The van der Waals surface area contributed by atoms with E-state index < -0.39 is 0 Å². The van der Waals surface area contributed by atoms with Crippen LogP contribution in [0.5, 0.6) is 5.75 Å². The third-order valence-corrected chi connectivity index (χ3v) is 2.92. The lowest BCUT2D eigenvalue weighted by molar-refractivity contribution is 0.0727. The number of hydrogen-bond donors (Lipinski definition) is 2. The number of aliphatic hydroxyl groups is 1. The molecule has 17 heavy (non-hydrogen) atoms. The summed E-state index contributed by atoms with van der Waals surface area (Å²) >= 11 is 0. The van der Waals surface area contributed by atoms with Crippen molar-refractivity contribution in [3.05, 3.63) is 18.2 Å². The fourth-order valence-electron chi connectivity index (χ4n) is 2.04. The number of anilines is 2. The van der Waals surface area contributed by atoms with Crippen LogP contribution >= 0.6 is 0 Å². The van der Waals surface area contributed by atoms with Crippen molar-refractivity contribution in [3.8, 4) is 5.75 Å². The molecule has 1 aliphatic rings. The Morgan fingerprint density at radius 1 is 1.53 bits per heavy atom. The number of hydrogen-bond acceptors (Lipinski definition) is 5. The normalized spacial score (nSPS) is 20.4. The van der Waals surface area contributed by atoms with E-state index in [2.05, 4.69) is 4.90 Å². The Morgan fingerprint density at radius 2 is 2.35 bits per heavy atom. The molecule has 0 aromatic heterocycles. The van der Waals surface area contributed by atoms with Crippen LogP contribution in [-0.2, 0) is 4.74 Å². The maximum Gasteiger partial charge on any atom is 0.122 e. The van der Waals surface area contributed by atoms with E-state index in [4.69, 9.17) is 15.2 Å². The zero-order chi connectivity index (χ0) is 12.3. The van der Waals surface area contributed by atoms with Crippen LogP contribution in [0.3, 0.4) is 0 Å². The average Bonchev–Trinajstić information content (AvgIpc) is 2.37. The molecule has 0 bridgehead atoms. The lowest BCUT2D eigenvalue weighted by Gasteiger charge is -2.36. The van der Waals surface area contributed by atoms with E-state index in [1.54, 1.807) is 13.2 Å². The summed E-state index contributed by atoms with van der Waals surface area (Å²) in [6.45, 7) is 2.01. The van der Waals surface area contributed by atoms with E-state index in [9.17, 15) is 5.11 Å². The van der Waals surface area contributed by atoms with Gasteiger partial charge in [0.1, 0.15) is 5.75 Å². The van der Waals surface area contributed by atoms with Crippen LogP contribution in [0.15, 0.2) is 18.2 Å². The van der Waals surface area contributed by atoms with Crippen molar-refractivity contribution in [2.75, 3.05) is 44.1 Å². The highest BCUT2D eigenvalue weighted by atomic mass is 16.5. The van der Waals surface area contributed by atoms with Gasteiger partial charge in [-0.3, -0.25) is 0 Å². The van der Waals surface area contributed by atoms with Crippen LogP contribution in [0.4, 0.5) is 11.4 Å². The molecule has 0 radical (unpaired) electrons. The zero-order valence-corrected chi connectivity index (χ0v) is 9.93. The van der Waals surface area contributed by atoms with E-state index >= 15 is 0 Å². The summed E-state index contributed by atoms with van der Waals surface area (Å²) in [7, 11) is 1.61. The second kappa shape index (κ2) is 5.25. The third-order valence-electron chi connectivity index (χ3n) is 2.92. The van der Waals surface area contributed by atoms with Gasteiger partial charge in [0.05, 0.1) is 33.0 Å². The monoisotopic (exact) mass is 238 g/mol. The maximum atomic E-state index is 9.33. The molecule has 5 heteroatoms. The zero-order valence-electron chi connectivity index (χ0n) is 9.93. The number of methoxy groups -OCH3 is 1. The number of morpholine rings is 1. The van der Waals surface area contributed by atoms with E-state index in [0.717, 1.165) is 18.0 Å². The van der Waals surface area contributed by atoms with Gasteiger partial charge >= 0.3 is 0 Å². The number of ether oxygens (including phenoxy) is 2. The SMILES string of the molecule is COc1cc(N)cc(N2CCOCC2CO)c1. The molecule has 1 heterocycles. The molecule has 0 amide bonds. The summed E-state index contributed by atoms with van der Waals surface area (Å²) in [5, 5.41) is 9.33. The van der Waals surface area contributed by atoms with Crippen molar-refractivity contribution in [3.63, 3.8) is 0 Å². The fraction of sp³-hybridized carbons (Fsp3) is 0.500. The Labute approximate surface area is 101 Å². The van der Waals surface area contributed by atoms with Gasteiger partial charge in [-0.2, -0.15) is 0 Å². The van der Waals surface area contributed by atoms with Crippen LogP contribution in [-0.4, -0.2) is 44.6 Å². The predicted octanol–water partition coefficient (Wildman–Crippen LogP) is 0.475. The Balaban J connectivity index is 2.27. The van der Waals surface area contributed by atoms with Gasteiger partial charge in [0.15, 0.2) is 0 Å². The highest BCUT2D eigenvalue weighted by Gasteiger charge is 2.23. The molecule has 3 N–H and O–H groups in total. The van der Waals surface area contributed by atoms with Crippen molar-refractivity contribution in [2.24, 2.45) is 0 Å². The molecule has 1 atom stereocenters. The van der Waals surface area contributed by atoms with Gasteiger partial charge in [0.2, 0.25) is 0 Å². The molecule has 1 saturated heterocycles. The molecule has 5 nitrogen and oxygen atoms in total. The molecule has 0 aliphatic carbocycles. The molecule has 1 aliphatic heterocycles. The Kier molecular flexibility index (Phi) is 3.71. The quantitative estimate of drug-likeness (QED) is 0.749. The van der Waals surface area contributed by atoms with E-state index in [1.807, 2.05) is 12.1 Å². The first kappa shape index (κ1) is 12.0. The topological polar surface area (TPSA) is 68.0 Å². The molecular formula is C12H18N2O3. The molecule has 0 spiro atoms. The number of nitrogens with zero attached hydrogens (tertiary/aromatic N) is 1. The van der Waals surface area contributed by atoms with E-state index in [0.29, 0.717) is 18.9 Å². The van der Waals surface area contributed by atoms with Crippen LogP contribution in [0.25, 0.3) is 0 Å². The van der Waals surface area contributed by atoms with Gasteiger partial charge in [-0.05, 0) is 6.07 Å². The minimum Gasteiger partial charge on any atom is -0.497 e. The number of aliphatic hydroxyl groups excluding tert-OH is 1. The van der Waals surface area contributed by atoms with Crippen molar-refractivity contribution in [1.29, 1.82) is 0 Å². The molecule has 0 saturated carbocycles. The smallest absolute Gasteiger partial charge is 0.122 e. The van der Waals surface area contributed by atoms with Crippen LogP contribution in [0.1, 0.15) is 0 Å². The first-order valence-corrected chi connectivity index (χ1v) is 5.64. The lowest BCUT2D eigenvalue weighted by atomic mass is 10.1. The van der Waals surface area contributed by atoms with Gasteiger partial charge < -0.3 is 25.2 Å². The van der Waals surface area contributed by atoms with Crippen LogP contribution < -0.4 is 15.4 Å². The highest BCUT2D eigenvalue weighted by molar-refractivity contribution is 5.61. The predicted molar refractivity (Wildman–Crippen MR) is 66.4 cm³/mol. The van der Waals surface area contributed by atoms with E-state index in [-0.39, 0.29) is 12.6 Å². The molecular weight excluding hydrogens is 220 g/mol. The second-order valence-electron chi connectivity index (χ2n) is 4.07. The largest absolute Gasteiger partial charge is 0.497 e. The Morgan fingerprint density at radius 3 is 3.06 bits per heavy atom. The van der Waals surface area contributed by atoms with Gasteiger partial charge in [0.25, 0.3) is 0 Å². The maximum absolute atomic E-state index is 9.33. The van der Waals surface area contributed by atoms with E-state index in [1.165, 1.54) is 0 Å². The average molecular weight is 238 g/mol. The molecule has 94 valence electrons. The summed E-state index contributed by atoms with van der Waals surface area (Å²) in [5.41, 5.74) is 7.45. The first-order valence-electron chi connectivity index (χ1n) is 5.64. The van der Waals surface area contributed by atoms with Crippen molar-refractivity contribution in [2.45, 2.75) is 6.04 Å². The van der Waals surface area contributed by atoms with Crippen molar-refractivity contribution in [1.82, 2.24) is 0 Å². The molecule has 1 aromatic rings. The number of nitrogens with two attached hydrogens (primary N) is 1. The summed E-state index contributed by atoms with van der Waals surface area (Å²) in [5.74, 6) is 0.725. The molecule has 2 rings (SSSR count). The second-order valence-corrected chi connectivity index (χ2v) is 4.07. The lowest BCUT2D eigenvalue weighted by Crippen LogP contribution is -2.47. The standard InChI is InChI=1S/C12H18N2O3/c1-16-12-5-9(13)4-10(6-12)14-2-3-17-8-11(14)7-15/h4-6,11,15H,2-3,7-8,13H2,1H3. The fourth-order valence-corrected chi connectivity index (χ4v) is 2.04. The molecule has 1 aromatic carbocycles. The van der Waals surface area contributed by atoms with Gasteiger partial charge in [-0.15, -0.1) is 0 Å². The first-order chi connectivity index (χ1) is 8.24. The highest BCUT2D eigenvalue weighted by Crippen LogP contribution is 2.27. The van der Waals surface area contributed by atoms with Crippen molar-refractivity contribution < 1.29 is 14.6 Å². The summed E-state index contributed by atoms with van der Waals surface area (Å²) in [6.07, 6.45) is 0. The Hall–Kier alpha value is -1.46. The number of nitrogen functional groups attached to an aromatic ring is 1. The number of rotatable bonds is 3. The summed E-state index contributed by atoms with van der Waals surface area (Å²) in [4.78, 5) is 2.10. The summed E-state index contributed by atoms with van der Waals surface area (Å²) in [6, 6.07) is 5.56. The van der Waals surface area contributed by atoms with Gasteiger partial charge in [-0.1, -0.05) is 0 Å². The molecule has 1 unspecified atom stereocenters. The minimum atomic E-state index is -0.0183.